The summed E-state index contributed by atoms with van der Waals surface area (Å²) in [5.41, 5.74) is 5.32. The van der Waals surface area contributed by atoms with Crippen molar-refractivity contribution in [3.63, 3.8) is 0 Å². The lowest BCUT2D eigenvalue weighted by atomic mass is 10.1. The van der Waals surface area contributed by atoms with Crippen LogP contribution in [0.3, 0.4) is 0 Å². The number of primary amides is 1. The highest BCUT2D eigenvalue weighted by Crippen LogP contribution is 2.28. The highest BCUT2D eigenvalue weighted by atomic mass is 16.5. The number of carbonyl (C=O) groups excluding carboxylic acids is 1. The molecule has 0 bridgehead atoms. The van der Waals surface area contributed by atoms with Gasteiger partial charge in [0.25, 0.3) is 0 Å². The van der Waals surface area contributed by atoms with E-state index >= 15 is 0 Å². The molecule has 1 saturated heterocycles. The number of amides is 1. The number of likely N-dealkylation sites (tertiary alicyclic amines) is 1. The van der Waals surface area contributed by atoms with Crippen LogP contribution in [0.1, 0.15) is 63.2 Å². The highest BCUT2D eigenvalue weighted by molar-refractivity contribution is 5.75. The van der Waals surface area contributed by atoms with Crippen LogP contribution in [-0.2, 0) is 4.79 Å². The monoisotopic (exact) mass is 266 g/mol. The third-order valence-electron chi connectivity index (χ3n) is 3.47. The number of hydrogen-bond acceptors (Lipinski definition) is 5. The van der Waals surface area contributed by atoms with Gasteiger partial charge in [-0.3, -0.25) is 9.69 Å². The Bertz CT molecular complexity index is 430. The van der Waals surface area contributed by atoms with E-state index in [0.717, 1.165) is 25.8 Å². The van der Waals surface area contributed by atoms with Gasteiger partial charge in [0.2, 0.25) is 11.8 Å². The number of rotatable bonds is 4. The van der Waals surface area contributed by atoms with Gasteiger partial charge >= 0.3 is 0 Å². The lowest BCUT2D eigenvalue weighted by molar-refractivity contribution is -0.119. The maximum atomic E-state index is 11.2. The van der Waals surface area contributed by atoms with Crippen molar-refractivity contribution in [3.8, 4) is 0 Å². The molecule has 0 saturated carbocycles. The van der Waals surface area contributed by atoms with Gasteiger partial charge in [-0.15, -0.1) is 0 Å². The van der Waals surface area contributed by atoms with Crippen molar-refractivity contribution in [2.45, 2.75) is 51.5 Å². The van der Waals surface area contributed by atoms with E-state index in [4.69, 9.17) is 10.3 Å². The molecule has 0 radical (unpaired) electrons. The molecule has 2 heterocycles. The second-order valence-corrected chi connectivity index (χ2v) is 5.45. The minimum Gasteiger partial charge on any atom is -0.369 e. The van der Waals surface area contributed by atoms with E-state index in [0.29, 0.717) is 11.7 Å². The van der Waals surface area contributed by atoms with Crippen LogP contribution in [0.15, 0.2) is 4.52 Å². The molecular weight excluding hydrogens is 244 g/mol. The lowest BCUT2D eigenvalue weighted by Crippen LogP contribution is -2.37. The van der Waals surface area contributed by atoms with Gasteiger partial charge in [-0.25, -0.2) is 0 Å². The zero-order valence-corrected chi connectivity index (χ0v) is 11.6. The first kappa shape index (κ1) is 14.0. The molecule has 2 rings (SSSR count). The highest BCUT2D eigenvalue weighted by Gasteiger charge is 2.28. The van der Waals surface area contributed by atoms with Gasteiger partial charge < -0.3 is 10.3 Å². The molecule has 6 nitrogen and oxygen atoms in total. The van der Waals surface area contributed by atoms with Crippen molar-refractivity contribution in [1.82, 2.24) is 15.0 Å². The van der Waals surface area contributed by atoms with E-state index in [1.165, 1.54) is 6.42 Å². The summed E-state index contributed by atoms with van der Waals surface area (Å²) in [6, 6.07) is 0.0475. The molecule has 0 aliphatic carbocycles. The van der Waals surface area contributed by atoms with Crippen LogP contribution >= 0.6 is 0 Å². The normalized spacial score (nSPS) is 21.5. The zero-order valence-electron chi connectivity index (χ0n) is 11.6. The largest absolute Gasteiger partial charge is 0.369 e. The standard InChI is InChI=1S/C13H22N4O2/c1-9(2)13-15-12(16-19-13)10-6-4-3-5-7-17(10)8-11(14)18/h9-10H,3-8H2,1-2H3,(H2,14,18). The Morgan fingerprint density at radius 3 is 2.89 bits per heavy atom. The van der Waals surface area contributed by atoms with E-state index < -0.39 is 0 Å². The van der Waals surface area contributed by atoms with Gasteiger partial charge in [-0.05, 0) is 19.4 Å². The molecule has 6 heteroatoms. The molecule has 0 aromatic carbocycles. The van der Waals surface area contributed by atoms with Crippen LogP contribution in [0.25, 0.3) is 0 Å². The molecule has 1 fully saturated rings. The van der Waals surface area contributed by atoms with Crippen LogP contribution in [0.4, 0.5) is 0 Å². The number of carbonyl (C=O) groups is 1. The maximum absolute atomic E-state index is 11.2. The topological polar surface area (TPSA) is 85.3 Å². The van der Waals surface area contributed by atoms with Gasteiger partial charge in [0.1, 0.15) is 0 Å². The summed E-state index contributed by atoms with van der Waals surface area (Å²) in [6.45, 7) is 5.16. The summed E-state index contributed by atoms with van der Waals surface area (Å²) in [5.74, 6) is 1.25. The summed E-state index contributed by atoms with van der Waals surface area (Å²) in [6.07, 6.45) is 4.31. The van der Waals surface area contributed by atoms with Gasteiger partial charge in [-0.2, -0.15) is 4.98 Å². The van der Waals surface area contributed by atoms with Crippen LogP contribution in [0, 0.1) is 0 Å². The van der Waals surface area contributed by atoms with Gasteiger partial charge in [0.05, 0.1) is 12.6 Å². The minimum atomic E-state index is -0.306. The van der Waals surface area contributed by atoms with Gasteiger partial charge in [0, 0.05) is 5.92 Å². The molecule has 106 valence electrons. The summed E-state index contributed by atoms with van der Waals surface area (Å²) >= 11 is 0. The number of aromatic nitrogens is 2. The van der Waals surface area contributed by atoms with E-state index in [1.54, 1.807) is 0 Å². The Kier molecular flexibility index (Phi) is 4.52. The molecule has 2 N–H and O–H groups in total. The first-order valence-electron chi connectivity index (χ1n) is 6.93. The number of nitrogens with zero attached hydrogens (tertiary/aromatic N) is 3. The maximum Gasteiger partial charge on any atom is 0.231 e. The van der Waals surface area contributed by atoms with Crippen LogP contribution in [0.5, 0.6) is 0 Å². The predicted octanol–water partition coefficient (Wildman–Crippen LogP) is 1.60. The molecular formula is C13H22N4O2. The third-order valence-corrected chi connectivity index (χ3v) is 3.47. The SMILES string of the molecule is CC(C)c1nc(C2CCCCCN2CC(N)=O)no1. The van der Waals surface area contributed by atoms with Crippen molar-refractivity contribution < 1.29 is 9.32 Å². The Labute approximate surface area is 113 Å². The lowest BCUT2D eigenvalue weighted by Gasteiger charge is -2.25. The molecule has 1 amide bonds. The molecule has 1 unspecified atom stereocenters. The summed E-state index contributed by atoms with van der Waals surface area (Å²) < 4.78 is 5.27. The minimum absolute atomic E-state index is 0.0475. The van der Waals surface area contributed by atoms with Crippen molar-refractivity contribution in [2.75, 3.05) is 13.1 Å². The molecule has 1 atom stereocenters. The van der Waals surface area contributed by atoms with Crippen LogP contribution in [0.2, 0.25) is 0 Å². The molecule has 1 aromatic rings. The Hall–Kier alpha value is -1.43. The summed E-state index contributed by atoms with van der Waals surface area (Å²) in [7, 11) is 0. The van der Waals surface area contributed by atoms with Crippen molar-refractivity contribution in [2.24, 2.45) is 5.73 Å². The molecule has 1 aromatic heterocycles. The fourth-order valence-corrected chi connectivity index (χ4v) is 2.47. The van der Waals surface area contributed by atoms with E-state index in [1.807, 2.05) is 13.8 Å². The average molecular weight is 266 g/mol. The van der Waals surface area contributed by atoms with E-state index in [9.17, 15) is 4.79 Å². The Morgan fingerprint density at radius 1 is 1.47 bits per heavy atom. The first-order valence-corrected chi connectivity index (χ1v) is 6.93. The predicted molar refractivity (Wildman–Crippen MR) is 70.4 cm³/mol. The van der Waals surface area contributed by atoms with E-state index in [2.05, 4.69) is 15.0 Å². The second kappa shape index (κ2) is 6.14. The fraction of sp³-hybridized carbons (Fsp3) is 0.769. The van der Waals surface area contributed by atoms with Crippen molar-refractivity contribution in [1.29, 1.82) is 0 Å². The fourth-order valence-electron chi connectivity index (χ4n) is 2.47. The molecule has 19 heavy (non-hydrogen) atoms. The van der Waals surface area contributed by atoms with E-state index in [-0.39, 0.29) is 24.4 Å². The van der Waals surface area contributed by atoms with Crippen LogP contribution < -0.4 is 5.73 Å². The molecule has 1 aliphatic rings. The number of nitrogens with two attached hydrogens (primary N) is 1. The summed E-state index contributed by atoms with van der Waals surface area (Å²) in [4.78, 5) is 17.7. The number of hydrogen-bond donors (Lipinski definition) is 1. The second-order valence-electron chi connectivity index (χ2n) is 5.45. The first-order chi connectivity index (χ1) is 9.08. The zero-order chi connectivity index (χ0) is 13.8. The van der Waals surface area contributed by atoms with Crippen molar-refractivity contribution >= 4 is 5.91 Å². The molecule has 0 spiro atoms. The van der Waals surface area contributed by atoms with Gasteiger partial charge in [-0.1, -0.05) is 31.8 Å². The smallest absolute Gasteiger partial charge is 0.231 e. The summed E-state index contributed by atoms with van der Waals surface area (Å²) in [5, 5.41) is 4.08. The molecule has 1 aliphatic heterocycles. The van der Waals surface area contributed by atoms with Crippen molar-refractivity contribution in [3.05, 3.63) is 11.7 Å². The van der Waals surface area contributed by atoms with Gasteiger partial charge in [0.15, 0.2) is 5.82 Å². The quantitative estimate of drug-likeness (QED) is 0.894. The average Bonchev–Trinajstić information content (AvgIpc) is 2.72. The Balaban J connectivity index is 2.18. The van der Waals surface area contributed by atoms with Crippen LogP contribution in [-0.4, -0.2) is 34.0 Å². The third kappa shape index (κ3) is 3.53. The Morgan fingerprint density at radius 2 is 2.26 bits per heavy atom.